The SMILES string of the molecule is Nc1nc(-c2ccco2)c2ncn(CC(=O)NCCO)c2n1. The van der Waals surface area contributed by atoms with Gasteiger partial charge >= 0.3 is 0 Å². The second-order valence-electron chi connectivity index (χ2n) is 4.53. The molecule has 0 aromatic carbocycles. The first-order valence-electron chi connectivity index (χ1n) is 6.59. The van der Waals surface area contributed by atoms with Crippen LogP contribution in [0.2, 0.25) is 0 Å². The molecule has 1 amide bonds. The number of rotatable bonds is 5. The third-order valence-corrected chi connectivity index (χ3v) is 2.98. The molecule has 0 aliphatic carbocycles. The summed E-state index contributed by atoms with van der Waals surface area (Å²) >= 11 is 0. The number of aromatic nitrogens is 4. The van der Waals surface area contributed by atoms with Gasteiger partial charge < -0.3 is 25.1 Å². The number of aliphatic hydroxyl groups excluding tert-OH is 1. The Morgan fingerprint density at radius 3 is 3.05 bits per heavy atom. The van der Waals surface area contributed by atoms with Crippen LogP contribution in [-0.4, -0.2) is 43.7 Å². The van der Waals surface area contributed by atoms with Crippen molar-refractivity contribution in [1.29, 1.82) is 0 Å². The molecule has 0 spiro atoms. The van der Waals surface area contributed by atoms with Crippen LogP contribution >= 0.6 is 0 Å². The summed E-state index contributed by atoms with van der Waals surface area (Å²) in [6, 6.07) is 3.48. The first-order valence-corrected chi connectivity index (χ1v) is 6.59. The number of nitrogens with zero attached hydrogens (tertiary/aromatic N) is 4. The highest BCUT2D eigenvalue weighted by molar-refractivity contribution is 5.87. The fourth-order valence-corrected chi connectivity index (χ4v) is 2.07. The van der Waals surface area contributed by atoms with Gasteiger partial charge in [0.25, 0.3) is 0 Å². The maximum Gasteiger partial charge on any atom is 0.240 e. The minimum Gasteiger partial charge on any atom is -0.463 e. The van der Waals surface area contributed by atoms with Gasteiger partial charge in [0.2, 0.25) is 11.9 Å². The van der Waals surface area contributed by atoms with Crippen molar-refractivity contribution in [2.75, 3.05) is 18.9 Å². The van der Waals surface area contributed by atoms with Crippen molar-refractivity contribution >= 4 is 23.0 Å². The number of furan rings is 1. The van der Waals surface area contributed by atoms with Gasteiger partial charge in [0.05, 0.1) is 19.2 Å². The Labute approximate surface area is 124 Å². The Balaban J connectivity index is 1.99. The summed E-state index contributed by atoms with van der Waals surface area (Å²) in [5, 5.41) is 11.3. The number of nitrogens with one attached hydrogen (secondary N) is 1. The molecule has 3 aromatic rings. The zero-order valence-corrected chi connectivity index (χ0v) is 11.6. The van der Waals surface area contributed by atoms with E-state index in [1.165, 1.54) is 12.6 Å². The Morgan fingerprint density at radius 1 is 1.45 bits per heavy atom. The number of carbonyl (C=O) groups is 1. The van der Waals surface area contributed by atoms with Crippen LogP contribution in [0.5, 0.6) is 0 Å². The molecular formula is C13H14N6O3. The Hall–Kier alpha value is -2.94. The molecule has 9 heteroatoms. The molecule has 22 heavy (non-hydrogen) atoms. The quantitative estimate of drug-likeness (QED) is 0.593. The lowest BCUT2D eigenvalue weighted by Gasteiger charge is -2.05. The summed E-state index contributed by atoms with van der Waals surface area (Å²) < 4.78 is 6.89. The van der Waals surface area contributed by atoms with Crippen LogP contribution in [0.4, 0.5) is 5.95 Å². The van der Waals surface area contributed by atoms with Gasteiger partial charge in [-0.25, -0.2) is 9.97 Å². The molecule has 0 aliphatic rings. The zero-order chi connectivity index (χ0) is 15.5. The Morgan fingerprint density at radius 2 is 2.32 bits per heavy atom. The molecule has 0 radical (unpaired) electrons. The lowest BCUT2D eigenvalue weighted by Crippen LogP contribution is -2.29. The standard InChI is InChI=1S/C13H14N6O3/c14-13-17-10(8-2-1-5-22-8)11-12(18-13)19(7-16-11)6-9(21)15-3-4-20/h1-2,5,7,20H,3-4,6H2,(H,15,21)(H2,14,17,18). The van der Waals surface area contributed by atoms with Crippen LogP contribution in [-0.2, 0) is 11.3 Å². The van der Waals surface area contributed by atoms with Gasteiger partial charge in [-0.05, 0) is 12.1 Å². The highest BCUT2D eigenvalue weighted by Crippen LogP contribution is 2.25. The van der Waals surface area contributed by atoms with Gasteiger partial charge in [-0.3, -0.25) is 4.79 Å². The van der Waals surface area contributed by atoms with E-state index in [1.54, 1.807) is 16.7 Å². The average Bonchev–Trinajstić information content (AvgIpc) is 3.15. The number of nitrogen functional groups attached to an aromatic ring is 1. The van der Waals surface area contributed by atoms with E-state index in [4.69, 9.17) is 15.3 Å². The van der Waals surface area contributed by atoms with Crippen LogP contribution in [0.1, 0.15) is 0 Å². The lowest BCUT2D eigenvalue weighted by molar-refractivity contribution is -0.121. The predicted molar refractivity (Wildman–Crippen MR) is 77.5 cm³/mol. The van der Waals surface area contributed by atoms with E-state index in [0.29, 0.717) is 22.6 Å². The van der Waals surface area contributed by atoms with Crippen molar-refractivity contribution in [3.8, 4) is 11.5 Å². The topological polar surface area (TPSA) is 132 Å². The number of imidazole rings is 1. The molecule has 3 aromatic heterocycles. The Bertz CT molecular complexity index is 796. The van der Waals surface area contributed by atoms with E-state index in [9.17, 15) is 4.79 Å². The highest BCUT2D eigenvalue weighted by Gasteiger charge is 2.16. The van der Waals surface area contributed by atoms with Crippen molar-refractivity contribution in [2.24, 2.45) is 0 Å². The molecule has 3 rings (SSSR count). The number of hydrogen-bond donors (Lipinski definition) is 3. The summed E-state index contributed by atoms with van der Waals surface area (Å²) in [7, 11) is 0. The van der Waals surface area contributed by atoms with E-state index in [-0.39, 0.29) is 31.6 Å². The number of carbonyl (C=O) groups excluding carboxylic acids is 1. The monoisotopic (exact) mass is 302 g/mol. The molecule has 0 saturated carbocycles. The van der Waals surface area contributed by atoms with E-state index >= 15 is 0 Å². The summed E-state index contributed by atoms with van der Waals surface area (Å²) in [5.74, 6) is 0.329. The third-order valence-electron chi connectivity index (χ3n) is 2.98. The van der Waals surface area contributed by atoms with Crippen LogP contribution in [0.25, 0.3) is 22.6 Å². The van der Waals surface area contributed by atoms with Crippen LogP contribution in [0.3, 0.4) is 0 Å². The number of amides is 1. The Kier molecular flexibility index (Phi) is 3.71. The van der Waals surface area contributed by atoms with Gasteiger partial charge in [-0.15, -0.1) is 0 Å². The van der Waals surface area contributed by atoms with Crippen molar-refractivity contribution in [3.05, 3.63) is 24.7 Å². The number of anilines is 1. The third kappa shape index (κ3) is 2.61. The normalized spacial score (nSPS) is 11.0. The second kappa shape index (κ2) is 5.82. The number of hydrogen-bond acceptors (Lipinski definition) is 7. The van der Waals surface area contributed by atoms with Crippen LogP contribution in [0.15, 0.2) is 29.1 Å². The van der Waals surface area contributed by atoms with Crippen molar-refractivity contribution < 1.29 is 14.3 Å². The summed E-state index contributed by atoms with van der Waals surface area (Å²) in [4.78, 5) is 24.3. The first-order chi connectivity index (χ1) is 10.7. The molecule has 0 atom stereocenters. The smallest absolute Gasteiger partial charge is 0.240 e. The van der Waals surface area contributed by atoms with Gasteiger partial charge in [0.1, 0.15) is 17.8 Å². The minimum absolute atomic E-state index is 0.0184. The molecule has 4 N–H and O–H groups in total. The fourth-order valence-electron chi connectivity index (χ4n) is 2.07. The van der Waals surface area contributed by atoms with Crippen molar-refractivity contribution in [2.45, 2.75) is 6.54 Å². The van der Waals surface area contributed by atoms with Crippen LogP contribution in [0, 0.1) is 0 Å². The van der Waals surface area contributed by atoms with Gasteiger partial charge in [-0.2, -0.15) is 4.98 Å². The molecule has 0 saturated heterocycles. The van der Waals surface area contributed by atoms with Crippen molar-refractivity contribution in [1.82, 2.24) is 24.8 Å². The predicted octanol–water partition coefficient (Wildman–Crippen LogP) is -0.223. The molecular weight excluding hydrogens is 288 g/mol. The molecule has 0 fully saturated rings. The molecule has 9 nitrogen and oxygen atoms in total. The van der Waals surface area contributed by atoms with E-state index < -0.39 is 0 Å². The minimum atomic E-state index is -0.259. The largest absolute Gasteiger partial charge is 0.463 e. The van der Waals surface area contributed by atoms with E-state index in [0.717, 1.165) is 0 Å². The van der Waals surface area contributed by atoms with E-state index in [2.05, 4.69) is 20.3 Å². The molecule has 114 valence electrons. The van der Waals surface area contributed by atoms with Crippen molar-refractivity contribution in [3.63, 3.8) is 0 Å². The van der Waals surface area contributed by atoms with Crippen LogP contribution < -0.4 is 11.1 Å². The molecule has 0 unspecified atom stereocenters. The van der Waals surface area contributed by atoms with Gasteiger partial charge in [0.15, 0.2) is 11.4 Å². The maximum absolute atomic E-state index is 11.7. The first kappa shape index (κ1) is 14.0. The second-order valence-corrected chi connectivity index (χ2v) is 4.53. The summed E-state index contributed by atoms with van der Waals surface area (Å²) in [5.41, 5.74) is 7.15. The molecule has 3 heterocycles. The van der Waals surface area contributed by atoms with Gasteiger partial charge in [0, 0.05) is 6.54 Å². The number of aliphatic hydroxyl groups is 1. The molecule has 0 aliphatic heterocycles. The summed E-state index contributed by atoms with van der Waals surface area (Å²) in [6.07, 6.45) is 3.02. The zero-order valence-electron chi connectivity index (χ0n) is 11.6. The maximum atomic E-state index is 11.7. The molecule has 0 bridgehead atoms. The fraction of sp³-hybridized carbons (Fsp3) is 0.231. The van der Waals surface area contributed by atoms with E-state index in [1.807, 2.05) is 0 Å². The highest BCUT2D eigenvalue weighted by atomic mass is 16.3. The lowest BCUT2D eigenvalue weighted by atomic mass is 10.3. The number of nitrogens with two attached hydrogens (primary N) is 1. The van der Waals surface area contributed by atoms with Gasteiger partial charge in [-0.1, -0.05) is 0 Å². The average molecular weight is 302 g/mol. The summed E-state index contributed by atoms with van der Waals surface area (Å²) in [6.45, 7) is 0.0962. The number of fused-ring (bicyclic) bond motifs is 1.